The highest BCUT2D eigenvalue weighted by atomic mass is 32.2. The molecule has 3 aromatic rings. The molecule has 1 aliphatic rings. The number of nitrogens with two attached hydrogens (primary N) is 1. The van der Waals surface area contributed by atoms with Crippen LogP contribution in [0.5, 0.6) is 5.75 Å². The number of nitrogens with zero attached hydrogens (tertiary/aromatic N) is 4. The van der Waals surface area contributed by atoms with Crippen LogP contribution in [0.1, 0.15) is 56.3 Å². The minimum atomic E-state index is -3.91. The first-order valence-corrected chi connectivity index (χ1v) is 17.3. The minimum Gasteiger partial charge on any atom is -0.488 e. The maximum absolute atomic E-state index is 13.7. The molecule has 0 saturated heterocycles. The van der Waals surface area contributed by atoms with Gasteiger partial charge in [0.25, 0.3) is 15.9 Å². The summed E-state index contributed by atoms with van der Waals surface area (Å²) in [6.07, 6.45) is 4.54. The molecule has 5 N–H and O–H groups in total. The molecule has 0 bridgehead atoms. The largest absolute Gasteiger partial charge is 0.488 e. The van der Waals surface area contributed by atoms with Crippen LogP contribution in [0.3, 0.4) is 0 Å². The third kappa shape index (κ3) is 9.11. The predicted octanol–water partition coefficient (Wildman–Crippen LogP) is 3.07. The van der Waals surface area contributed by atoms with E-state index in [0.717, 1.165) is 0 Å². The summed E-state index contributed by atoms with van der Waals surface area (Å²) in [6, 6.07) is 11.3. The smallest absolute Gasteiger partial charge is 0.261 e. The number of amides is 3. The number of ether oxygens (including phenoxy) is 1. The Morgan fingerprint density at radius 1 is 1.12 bits per heavy atom. The van der Waals surface area contributed by atoms with Gasteiger partial charge in [0.1, 0.15) is 11.9 Å². The molecular formula is C33H45N7O7S. The van der Waals surface area contributed by atoms with E-state index in [0.29, 0.717) is 42.7 Å². The van der Waals surface area contributed by atoms with Crippen LogP contribution in [0.25, 0.3) is 0 Å². The summed E-state index contributed by atoms with van der Waals surface area (Å²) in [5, 5.41) is 15.5. The predicted molar refractivity (Wildman–Crippen MR) is 182 cm³/mol. The van der Waals surface area contributed by atoms with Crippen LogP contribution in [0.4, 0.5) is 17.1 Å². The van der Waals surface area contributed by atoms with Gasteiger partial charge in [0.15, 0.2) is 5.03 Å². The number of carbonyl (C=O) groups is 3. The molecule has 2 aromatic carbocycles. The summed E-state index contributed by atoms with van der Waals surface area (Å²) >= 11 is 0. The Morgan fingerprint density at radius 3 is 2.46 bits per heavy atom. The molecule has 0 aliphatic carbocycles. The maximum Gasteiger partial charge on any atom is 0.261 e. The summed E-state index contributed by atoms with van der Waals surface area (Å²) in [5.41, 5.74) is 7.52. The summed E-state index contributed by atoms with van der Waals surface area (Å²) in [5.74, 6) is -0.835. The van der Waals surface area contributed by atoms with E-state index in [4.69, 9.17) is 10.5 Å². The number of sulfonamides is 1. The number of imidazole rings is 1. The zero-order chi connectivity index (χ0) is 35.0. The van der Waals surface area contributed by atoms with Crippen molar-refractivity contribution in [2.45, 2.75) is 63.1 Å². The van der Waals surface area contributed by atoms with Gasteiger partial charge in [-0.2, -0.15) is 4.31 Å². The number of rotatable bonds is 14. The van der Waals surface area contributed by atoms with Gasteiger partial charge in [-0.05, 0) is 50.1 Å². The second-order valence-corrected chi connectivity index (χ2v) is 14.2. The number of anilines is 3. The molecule has 0 saturated carbocycles. The number of carbonyl (C=O) groups excluding carboxylic acids is 3. The number of aliphatic hydroxyl groups is 1. The van der Waals surface area contributed by atoms with Gasteiger partial charge in [0, 0.05) is 51.3 Å². The summed E-state index contributed by atoms with van der Waals surface area (Å²) < 4.78 is 35.4. The third-order valence-electron chi connectivity index (χ3n) is 8.28. The quantitative estimate of drug-likeness (QED) is 0.146. The number of unbranched alkanes of at least 4 members (excludes halogenated alkanes) is 2. The lowest BCUT2D eigenvalue weighted by atomic mass is 9.99. The van der Waals surface area contributed by atoms with E-state index < -0.39 is 22.2 Å². The first-order valence-electron chi connectivity index (χ1n) is 15.9. The number of aliphatic hydroxyl groups excluding tert-OH is 1. The molecule has 0 spiro atoms. The molecule has 2 heterocycles. The van der Waals surface area contributed by atoms with Gasteiger partial charge in [-0.3, -0.25) is 14.4 Å². The molecule has 0 unspecified atom stereocenters. The van der Waals surface area contributed by atoms with Crippen molar-refractivity contribution in [2.75, 3.05) is 43.1 Å². The molecule has 14 nitrogen and oxygen atoms in total. The maximum atomic E-state index is 13.7. The number of aryl methyl sites for hydroxylation is 1. The van der Waals surface area contributed by atoms with Gasteiger partial charge in [0.2, 0.25) is 11.8 Å². The first kappa shape index (κ1) is 36.4. The minimum absolute atomic E-state index is 0.0183. The van der Waals surface area contributed by atoms with Gasteiger partial charge >= 0.3 is 0 Å². The summed E-state index contributed by atoms with van der Waals surface area (Å²) in [4.78, 5) is 44.3. The molecule has 0 fully saturated rings. The van der Waals surface area contributed by atoms with Crippen molar-refractivity contribution in [2.24, 2.45) is 13.0 Å². The zero-order valence-corrected chi connectivity index (χ0v) is 28.6. The molecule has 3 atom stereocenters. The average Bonchev–Trinajstić information content (AvgIpc) is 3.50. The zero-order valence-electron chi connectivity index (χ0n) is 27.8. The lowest BCUT2D eigenvalue weighted by Crippen LogP contribution is -2.50. The Bertz CT molecular complexity index is 1710. The standard InChI is InChI=1S/C33H45N7O7S/c1-22-17-40(23(2)20-41)33(44)25-16-24(36-30(42)12-6-5-7-13-31(43)37-27-11-9-8-10-26(27)34)14-15-28(25)47-29(22)18-39(4)48(45,46)32-19-38(3)21-35-32/h8-11,14-16,19,21-23,29,41H,5-7,12-13,17-18,20,34H2,1-4H3,(H,36,42)(H,37,43)/t22-,23+,29+/m0/s1. The van der Waals surface area contributed by atoms with Gasteiger partial charge in [-0.25, -0.2) is 13.4 Å². The fraction of sp³-hybridized carbons (Fsp3) is 0.455. The van der Waals surface area contributed by atoms with Gasteiger partial charge in [-0.15, -0.1) is 0 Å². The van der Waals surface area contributed by atoms with Crippen molar-refractivity contribution in [1.29, 1.82) is 0 Å². The number of fused-ring (bicyclic) bond motifs is 1. The molecule has 4 rings (SSSR count). The molecule has 48 heavy (non-hydrogen) atoms. The molecular weight excluding hydrogens is 638 g/mol. The number of likely N-dealkylation sites (N-methyl/N-ethyl adjacent to an activating group) is 1. The van der Waals surface area contributed by atoms with Crippen molar-refractivity contribution in [3.05, 3.63) is 60.6 Å². The molecule has 0 radical (unpaired) electrons. The second kappa shape index (κ2) is 16.1. The highest BCUT2D eigenvalue weighted by Gasteiger charge is 2.35. The second-order valence-electron chi connectivity index (χ2n) is 12.2. The fourth-order valence-corrected chi connectivity index (χ4v) is 6.49. The number of para-hydroxylation sites is 2. The number of hydrogen-bond donors (Lipinski definition) is 4. The number of aromatic nitrogens is 2. The van der Waals surface area contributed by atoms with Gasteiger partial charge < -0.3 is 35.7 Å². The Labute approximate surface area is 281 Å². The fourth-order valence-electron chi connectivity index (χ4n) is 5.35. The van der Waals surface area contributed by atoms with E-state index in [9.17, 15) is 27.9 Å². The Balaban J connectivity index is 1.40. The Morgan fingerprint density at radius 2 is 1.81 bits per heavy atom. The van der Waals surface area contributed by atoms with E-state index >= 15 is 0 Å². The highest BCUT2D eigenvalue weighted by Crippen LogP contribution is 2.31. The van der Waals surface area contributed by atoms with Crippen molar-refractivity contribution >= 4 is 44.8 Å². The summed E-state index contributed by atoms with van der Waals surface area (Å²) in [7, 11) is -0.773. The number of benzene rings is 2. The van der Waals surface area contributed by atoms with Crippen molar-refractivity contribution in [3.8, 4) is 5.75 Å². The highest BCUT2D eigenvalue weighted by molar-refractivity contribution is 7.89. The molecule has 15 heteroatoms. The first-order chi connectivity index (χ1) is 22.8. The Hall–Kier alpha value is -4.47. The molecule has 1 aliphatic heterocycles. The van der Waals surface area contributed by atoms with E-state index in [1.165, 1.54) is 29.9 Å². The van der Waals surface area contributed by atoms with Crippen LogP contribution in [-0.2, 0) is 26.7 Å². The van der Waals surface area contributed by atoms with E-state index in [1.807, 2.05) is 6.92 Å². The van der Waals surface area contributed by atoms with Crippen LogP contribution in [-0.4, -0.2) is 88.9 Å². The van der Waals surface area contributed by atoms with Gasteiger partial charge in [0.05, 0.1) is 42.5 Å². The number of nitrogens with one attached hydrogen (secondary N) is 2. The monoisotopic (exact) mass is 683 g/mol. The summed E-state index contributed by atoms with van der Waals surface area (Å²) in [6.45, 7) is 3.50. The van der Waals surface area contributed by atoms with E-state index in [2.05, 4.69) is 15.6 Å². The van der Waals surface area contributed by atoms with Crippen molar-refractivity contribution < 1.29 is 32.6 Å². The SMILES string of the molecule is C[C@H](CO)N1C[C@H](C)[C@@H](CN(C)S(=O)(=O)c2cn(C)cn2)Oc2ccc(NC(=O)CCCCCC(=O)Nc3ccccc3N)cc2C1=O. The number of hydrogen-bond acceptors (Lipinski definition) is 9. The van der Waals surface area contributed by atoms with Crippen molar-refractivity contribution in [3.63, 3.8) is 0 Å². The number of nitrogen functional groups attached to an aromatic ring is 1. The van der Waals surface area contributed by atoms with Crippen LogP contribution < -0.4 is 21.1 Å². The van der Waals surface area contributed by atoms with E-state index in [1.54, 1.807) is 59.8 Å². The van der Waals surface area contributed by atoms with Crippen LogP contribution >= 0.6 is 0 Å². The average molecular weight is 684 g/mol. The van der Waals surface area contributed by atoms with Gasteiger partial charge in [-0.1, -0.05) is 25.5 Å². The van der Waals surface area contributed by atoms with Crippen molar-refractivity contribution in [1.82, 2.24) is 18.8 Å². The molecule has 3 amide bonds. The van der Waals surface area contributed by atoms with Crippen LogP contribution in [0.15, 0.2) is 60.0 Å². The lowest BCUT2D eigenvalue weighted by molar-refractivity contribution is -0.116. The normalized spacial score (nSPS) is 17.2. The lowest BCUT2D eigenvalue weighted by Gasteiger charge is -2.38. The molecule has 260 valence electrons. The Kier molecular flexibility index (Phi) is 12.2. The molecule has 1 aromatic heterocycles. The van der Waals surface area contributed by atoms with E-state index in [-0.39, 0.29) is 66.1 Å². The van der Waals surface area contributed by atoms with Crippen LogP contribution in [0.2, 0.25) is 0 Å². The third-order valence-corrected chi connectivity index (χ3v) is 9.99. The topological polar surface area (TPSA) is 189 Å². The van der Waals surface area contributed by atoms with Crippen LogP contribution in [0, 0.1) is 5.92 Å².